The topological polar surface area (TPSA) is 210 Å². The fourth-order valence-corrected chi connectivity index (χ4v) is 5.06. The molecule has 2 aromatic carbocycles. The van der Waals surface area contributed by atoms with Crippen molar-refractivity contribution in [1.82, 2.24) is 28.9 Å². The number of nitrogens with one attached hydrogen (secondary N) is 2. The summed E-state index contributed by atoms with van der Waals surface area (Å²) in [6, 6.07) is 9.79. The van der Waals surface area contributed by atoms with Gasteiger partial charge in [-0.1, -0.05) is 12.2 Å². The molecule has 0 bridgehead atoms. The van der Waals surface area contributed by atoms with Crippen molar-refractivity contribution in [2.24, 2.45) is 11.5 Å². The van der Waals surface area contributed by atoms with Crippen LogP contribution in [0.1, 0.15) is 43.8 Å². The Balaban J connectivity index is 1.52. The first-order valence-electron chi connectivity index (χ1n) is 14.2. The van der Waals surface area contributed by atoms with E-state index in [1.165, 1.54) is 12.1 Å². The number of amides is 3. The van der Waals surface area contributed by atoms with Crippen molar-refractivity contribution in [2.75, 3.05) is 30.9 Å². The van der Waals surface area contributed by atoms with Crippen LogP contribution < -0.4 is 26.8 Å². The summed E-state index contributed by atoms with van der Waals surface area (Å²) in [7, 11) is 1.75. The Morgan fingerprint density at radius 3 is 2.31 bits per heavy atom. The predicted octanol–water partition coefficient (Wildman–Crippen LogP) is 2.03. The van der Waals surface area contributed by atoms with Crippen LogP contribution in [0.3, 0.4) is 0 Å². The minimum absolute atomic E-state index is 0.0348. The van der Waals surface area contributed by atoms with Gasteiger partial charge in [0.1, 0.15) is 23.6 Å². The van der Waals surface area contributed by atoms with Crippen molar-refractivity contribution in [3.8, 4) is 5.75 Å². The van der Waals surface area contributed by atoms with Crippen molar-refractivity contribution in [3.63, 3.8) is 0 Å². The van der Waals surface area contributed by atoms with E-state index in [4.69, 9.17) is 16.2 Å². The minimum atomic E-state index is -0.677. The lowest BCUT2D eigenvalue weighted by molar-refractivity contribution is 0.0991. The van der Waals surface area contributed by atoms with Crippen LogP contribution in [-0.2, 0) is 19.6 Å². The van der Waals surface area contributed by atoms with Crippen LogP contribution in [-0.4, -0.2) is 72.0 Å². The lowest BCUT2D eigenvalue weighted by Crippen LogP contribution is -2.20. The second-order valence-electron chi connectivity index (χ2n) is 10.1. The molecule has 3 heterocycles. The number of fused-ring (bicyclic) bond motifs is 2. The molecule has 0 aliphatic heterocycles. The number of benzene rings is 2. The number of carbonyl (C=O) groups is 3. The van der Waals surface area contributed by atoms with E-state index in [0.717, 1.165) is 5.52 Å². The number of nitrogens with two attached hydrogens (primary N) is 2. The van der Waals surface area contributed by atoms with Gasteiger partial charge in [-0.2, -0.15) is 5.10 Å². The van der Waals surface area contributed by atoms with Gasteiger partial charge >= 0.3 is 0 Å². The monoisotopic (exact) mass is 614 g/mol. The number of hydrogen-bond acceptors (Lipinski definition) is 9. The molecular weight excluding hydrogens is 580 g/mol. The largest absolute Gasteiger partial charge is 0.489 e. The third-order valence-electron chi connectivity index (χ3n) is 7.10. The van der Waals surface area contributed by atoms with E-state index in [1.807, 2.05) is 23.6 Å². The van der Waals surface area contributed by atoms with Gasteiger partial charge in [0, 0.05) is 37.8 Å². The highest BCUT2D eigenvalue weighted by molar-refractivity contribution is 6.04. The molecule has 15 heteroatoms. The van der Waals surface area contributed by atoms with Crippen LogP contribution in [0.5, 0.6) is 5.75 Å². The van der Waals surface area contributed by atoms with E-state index in [2.05, 4.69) is 25.7 Å². The van der Waals surface area contributed by atoms with Crippen molar-refractivity contribution >= 4 is 51.7 Å². The number of aromatic nitrogens is 6. The Labute approximate surface area is 257 Å². The summed E-state index contributed by atoms with van der Waals surface area (Å²) in [4.78, 5) is 46.3. The number of allylic oxidation sites excluding steroid dienone is 2. The maximum atomic E-state index is 13.4. The maximum Gasteiger partial charge on any atom is 0.276 e. The second-order valence-corrected chi connectivity index (χ2v) is 10.1. The Morgan fingerprint density at radius 1 is 0.956 bits per heavy atom. The third-order valence-corrected chi connectivity index (χ3v) is 7.10. The molecule has 3 aromatic heterocycles. The van der Waals surface area contributed by atoms with E-state index in [0.29, 0.717) is 52.5 Å². The number of hydrogen-bond donors (Lipinski definition) is 5. The van der Waals surface area contributed by atoms with E-state index in [1.54, 1.807) is 47.5 Å². The quantitative estimate of drug-likeness (QED) is 0.123. The number of nitrogens with zero attached hydrogens (tertiary/aromatic N) is 6. The van der Waals surface area contributed by atoms with Gasteiger partial charge in [0.2, 0.25) is 23.7 Å². The lowest BCUT2D eigenvalue weighted by Gasteiger charge is -2.12. The molecule has 7 N–H and O–H groups in total. The first-order chi connectivity index (χ1) is 21.6. The van der Waals surface area contributed by atoms with Gasteiger partial charge < -0.3 is 35.8 Å². The first kappa shape index (κ1) is 30.7. The second kappa shape index (κ2) is 12.9. The molecular formula is C30H34N10O5. The average molecular weight is 615 g/mol. The number of carbonyl (C=O) groups excluding carboxylic acids is 3. The predicted molar refractivity (Wildman–Crippen MR) is 168 cm³/mol. The van der Waals surface area contributed by atoms with E-state index in [9.17, 15) is 19.5 Å². The van der Waals surface area contributed by atoms with Crippen molar-refractivity contribution in [1.29, 1.82) is 0 Å². The SMILES string of the molecule is CCn1nc(C)cc1C(=O)Nc1nc2cc(C(N)=O)cc(OCCO)c2n1C/C=C/Cn1c(NC)nc2cc(C(N)=O)ccc21. The summed E-state index contributed by atoms with van der Waals surface area (Å²) in [5, 5.41) is 19.7. The molecule has 45 heavy (non-hydrogen) atoms. The number of primary amides is 2. The summed E-state index contributed by atoms with van der Waals surface area (Å²) in [6.07, 6.45) is 3.81. The van der Waals surface area contributed by atoms with E-state index >= 15 is 0 Å². The molecule has 5 rings (SSSR count). The van der Waals surface area contributed by atoms with Crippen LogP contribution >= 0.6 is 0 Å². The molecule has 15 nitrogen and oxygen atoms in total. The Morgan fingerprint density at radius 2 is 1.64 bits per heavy atom. The summed E-state index contributed by atoms with van der Waals surface area (Å²) >= 11 is 0. The highest BCUT2D eigenvalue weighted by Gasteiger charge is 2.21. The molecule has 0 aliphatic rings. The minimum Gasteiger partial charge on any atom is -0.489 e. The van der Waals surface area contributed by atoms with Crippen molar-refractivity contribution < 1.29 is 24.2 Å². The van der Waals surface area contributed by atoms with Crippen LogP contribution in [0.2, 0.25) is 0 Å². The average Bonchev–Trinajstić information content (AvgIpc) is 3.69. The number of imidazole rings is 2. The van der Waals surface area contributed by atoms with Crippen LogP contribution in [0.15, 0.2) is 48.6 Å². The molecule has 0 spiro atoms. The number of rotatable bonds is 13. The zero-order valence-electron chi connectivity index (χ0n) is 25.1. The number of aliphatic hydroxyl groups excluding tert-OH is 1. The van der Waals surface area contributed by atoms with E-state index < -0.39 is 17.7 Å². The lowest BCUT2D eigenvalue weighted by atomic mass is 10.1. The number of aliphatic hydroxyl groups is 1. The molecule has 0 fully saturated rings. The van der Waals surface area contributed by atoms with Crippen LogP contribution in [0.25, 0.3) is 22.1 Å². The smallest absolute Gasteiger partial charge is 0.276 e. The van der Waals surface area contributed by atoms with E-state index in [-0.39, 0.29) is 37.0 Å². The molecule has 0 saturated carbocycles. The van der Waals surface area contributed by atoms with Gasteiger partial charge in [-0.3, -0.25) is 24.4 Å². The third kappa shape index (κ3) is 6.19. The molecule has 3 amide bonds. The van der Waals surface area contributed by atoms with Gasteiger partial charge in [0.15, 0.2) is 0 Å². The van der Waals surface area contributed by atoms with Crippen molar-refractivity contribution in [3.05, 3.63) is 71.1 Å². The fourth-order valence-electron chi connectivity index (χ4n) is 5.06. The molecule has 0 saturated heterocycles. The van der Waals surface area contributed by atoms with Gasteiger partial charge in [-0.05, 0) is 50.2 Å². The molecule has 234 valence electrons. The number of anilines is 2. The Bertz CT molecular complexity index is 1950. The maximum absolute atomic E-state index is 13.4. The molecule has 5 aromatic rings. The normalized spacial score (nSPS) is 11.5. The van der Waals surface area contributed by atoms with Gasteiger partial charge in [0.25, 0.3) is 5.91 Å². The summed E-state index contributed by atoms with van der Waals surface area (Å²) < 4.78 is 11.1. The fraction of sp³-hybridized carbons (Fsp3) is 0.267. The Kier molecular flexibility index (Phi) is 8.81. The highest BCUT2D eigenvalue weighted by atomic mass is 16.5. The highest BCUT2D eigenvalue weighted by Crippen LogP contribution is 2.31. The molecule has 0 unspecified atom stereocenters. The van der Waals surface area contributed by atoms with Gasteiger partial charge in [-0.15, -0.1) is 0 Å². The standard InChI is InChI=1S/C30H34N10O5/c1-4-40-23(13-17(2)37-40)28(44)36-30-35-21-15-19(27(32)43)16-24(45-12-11-41)25(21)39(30)10-6-5-9-38-22-8-7-18(26(31)42)14-20(22)34-29(38)33-3/h5-8,13-16,41H,4,9-12H2,1-3H3,(H2,31,42)(H2,32,43)(H,33,34)(H,35,36,44)/b6-5+. The van der Waals surface area contributed by atoms with Crippen LogP contribution in [0, 0.1) is 6.92 Å². The molecule has 0 atom stereocenters. The zero-order chi connectivity index (χ0) is 32.2. The summed E-state index contributed by atoms with van der Waals surface area (Å²) in [6.45, 7) is 4.57. The Hall–Kier alpha value is -5.70. The number of ether oxygens (including phenoxy) is 1. The summed E-state index contributed by atoms with van der Waals surface area (Å²) in [5.74, 6) is -0.547. The first-order valence-corrected chi connectivity index (χ1v) is 14.2. The van der Waals surface area contributed by atoms with Gasteiger partial charge in [-0.25, -0.2) is 9.97 Å². The zero-order valence-corrected chi connectivity index (χ0v) is 25.1. The molecule has 0 aliphatic carbocycles. The summed E-state index contributed by atoms with van der Waals surface area (Å²) in [5.41, 5.74) is 14.9. The van der Waals surface area contributed by atoms with Gasteiger partial charge in [0.05, 0.1) is 28.9 Å². The number of aryl methyl sites for hydroxylation is 2. The van der Waals surface area contributed by atoms with Crippen molar-refractivity contribution in [2.45, 2.75) is 33.5 Å². The molecule has 0 radical (unpaired) electrons. The van der Waals surface area contributed by atoms with Crippen LogP contribution in [0.4, 0.5) is 11.9 Å².